The number of amides is 1. The first-order chi connectivity index (χ1) is 15.4. The monoisotopic (exact) mass is 473 g/mol. The molecule has 0 aliphatic carbocycles. The molecule has 0 saturated carbocycles. The Morgan fingerprint density at radius 2 is 1.84 bits per heavy atom. The normalized spacial score (nSPS) is 10.9. The third-order valence-corrected chi connectivity index (χ3v) is 5.11. The molecule has 32 heavy (non-hydrogen) atoms. The van der Waals surface area contributed by atoms with Crippen LogP contribution in [0, 0.1) is 12.7 Å². The largest absolute Gasteiger partial charge is 0.470 e. The molecule has 0 aliphatic rings. The minimum Gasteiger partial charge on any atom is -0.470 e. The van der Waals surface area contributed by atoms with E-state index in [-0.39, 0.29) is 29.1 Å². The maximum Gasteiger partial charge on any atom is 0.277 e. The third kappa shape index (κ3) is 5.27. The van der Waals surface area contributed by atoms with Gasteiger partial charge in [0.1, 0.15) is 16.6 Å². The lowest BCUT2D eigenvalue weighted by Gasteiger charge is -2.08. The van der Waals surface area contributed by atoms with Crippen LogP contribution >= 0.6 is 23.2 Å². The summed E-state index contributed by atoms with van der Waals surface area (Å²) >= 11 is 12.3. The highest BCUT2D eigenvalue weighted by Gasteiger charge is 2.15. The first kappa shape index (κ1) is 21.9. The topological polar surface area (TPSA) is 74.0 Å². The van der Waals surface area contributed by atoms with Crippen molar-refractivity contribution in [3.05, 3.63) is 93.6 Å². The van der Waals surface area contributed by atoms with Crippen LogP contribution in [0.2, 0.25) is 10.0 Å². The summed E-state index contributed by atoms with van der Waals surface area (Å²) in [7, 11) is 0. The second-order valence-electron chi connectivity index (χ2n) is 7.05. The maximum absolute atomic E-state index is 13.1. The zero-order valence-electron chi connectivity index (χ0n) is 16.9. The molecule has 4 rings (SSSR count). The van der Waals surface area contributed by atoms with Crippen molar-refractivity contribution in [2.45, 2.75) is 20.2 Å². The molecule has 0 saturated heterocycles. The van der Waals surface area contributed by atoms with Gasteiger partial charge in [0.2, 0.25) is 0 Å². The summed E-state index contributed by atoms with van der Waals surface area (Å²) in [5, 5.41) is 11.9. The van der Waals surface area contributed by atoms with Gasteiger partial charge in [0.15, 0.2) is 18.2 Å². The van der Waals surface area contributed by atoms with Gasteiger partial charge in [0, 0.05) is 12.4 Å². The number of aromatic nitrogens is 4. The number of carbonyl (C=O) groups is 1. The number of rotatable bonds is 7. The van der Waals surface area contributed by atoms with Gasteiger partial charge in [-0.3, -0.25) is 9.48 Å². The fourth-order valence-corrected chi connectivity index (χ4v) is 3.29. The molecule has 0 bridgehead atoms. The molecule has 0 fully saturated rings. The molecular weight excluding hydrogens is 456 g/mol. The van der Waals surface area contributed by atoms with Gasteiger partial charge in [-0.05, 0) is 48.4 Å². The quantitative estimate of drug-likeness (QED) is 0.401. The van der Waals surface area contributed by atoms with E-state index in [2.05, 4.69) is 15.5 Å². The molecule has 0 aliphatic heterocycles. The molecule has 2 aromatic heterocycles. The van der Waals surface area contributed by atoms with Crippen LogP contribution in [0.3, 0.4) is 0 Å². The number of aryl methyl sites for hydroxylation is 1. The number of nitrogens with zero attached hydrogens (tertiary/aromatic N) is 4. The highest BCUT2D eigenvalue weighted by atomic mass is 35.5. The highest BCUT2D eigenvalue weighted by molar-refractivity contribution is 6.33. The minimum atomic E-state index is -0.466. The van der Waals surface area contributed by atoms with Crippen LogP contribution < -0.4 is 10.1 Å². The van der Waals surface area contributed by atoms with E-state index in [1.165, 1.54) is 16.8 Å². The SMILES string of the molecule is Cc1ccc(Cl)c(OCn2ccc(C(=O)Nc3nn(Cc4ccc(F)cc4)cc3Cl)n2)c1. The summed E-state index contributed by atoms with van der Waals surface area (Å²) in [6.45, 7) is 2.40. The molecule has 164 valence electrons. The first-order valence-electron chi connectivity index (χ1n) is 9.58. The van der Waals surface area contributed by atoms with Crippen LogP contribution in [0.4, 0.5) is 10.2 Å². The molecular formula is C22H18Cl2FN5O2. The Morgan fingerprint density at radius 3 is 2.62 bits per heavy atom. The van der Waals surface area contributed by atoms with E-state index in [0.29, 0.717) is 17.3 Å². The summed E-state index contributed by atoms with van der Waals surface area (Å²) in [4.78, 5) is 12.6. The van der Waals surface area contributed by atoms with E-state index >= 15 is 0 Å². The molecule has 0 atom stereocenters. The van der Waals surface area contributed by atoms with Gasteiger partial charge in [-0.25, -0.2) is 9.07 Å². The second-order valence-corrected chi connectivity index (χ2v) is 7.87. The molecule has 2 heterocycles. The van der Waals surface area contributed by atoms with Crippen LogP contribution in [0.25, 0.3) is 0 Å². The van der Waals surface area contributed by atoms with E-state index < -0.39 is 5.91 Å². The molecule has 1 amide bonds. The molecule has 2 aromatic carbocycles. The fourth-order valence-electron chi connectivity index (χ4n) is 2.92. The number of benzene rings is 2. The van der Waals surface area contributed by atoms with Crippen molar-refractivity contribution in [2.24, 2.45) is 0 Å². The van der Waals surface area contributed by atoms with E-state index in [1.54, 1.807) is 41.3 Å². The number of nitrogens with one attached hydrogen (secondary N) is 1. The van der Waals surface area contributed by atoms with Gasteiger partial charge in [-0.15, -0.1) is 0 Å². The van der Waals surface area contributed by atoms with Crippen molar-refractivity contribution in [2.75, 3.05) is 5.32 Å². The third-order valence-electron chi connectivity index (χ3n) is 4.52. The van der Waals surface area contributed by atoms with Crippen LogP contribution in [-0.2, 0) is 13.3 Å². The number of carbonyl (C=O) groups excluding carboxylic acids is 1. The molecule has 0 unspecified atom stereocenters. The highest BCUT2D eigenvalue weighted by Crippen LogP contribution is 2.25. The fraction of sp³-hybridized carbons (Fsp3) is 0.136. The molecule has 0 spiro atoms. The lowest BCUT2D eigenvalue weighted by molar-refractivity contribution is 0.101. The number of halogens is 3. The maximum atomic E-state index is 13.1. The van der Waals surface area contributed by atoms with Crippen molar-refractivity contribution in [3.8, 4) is 5.75 Å². The summed E-state index contributed by atoms with van der Waals surface area (Å²) in [6.07, 6.45) is 3.20. The molecule has 10 heteroatoms. The lowest BCUT2D eigenvalue weighted by Crippen LogP contribution is -2.15. The Labute approximate surface area is 193 Å². The Balaban J connectivity index is 1.38. The predicted octanol–water partition coefficient (Wildman–Crippen LogP) is 5.17. The van der Waals surface area contributed by atoms with Gasteiger partial charge in [0.25, 0.3) is 5.91 Å². The van der Waals surface area contributed by atoms with E-state index in [9.17, 15) is 9.18 Å². The summed E-state index contributed by atoms with van der Waals surface area (Å²) in [5.41, 5.74) is 2.03. The summed E-state index contributed by atoms with van der Waals surface area (Å²) in [6, 6.07) is 13.1. The zero-order valence-corrected chi connectivity index (χ0v) is 18.4. The minimum absolute atomic E-state index is 0.0868. The number of anilines is 1. The molecule has 1 N–H and O–H groups in total. The Hall–Kier alpha value is -3.36. The standard InChI is InChI=1S/C22H18Cl2FN5O2/c1-14-2-7-17(23)20(10-14)32-13-29-9-8-19(27-29)22(31)26-21-18(24)12-30(28-21)11-15-3-5-16(25)6-4-15/h2-10,12H,11,13H2,1H3,(H,26,28,31). The van der Waals surface area contributed by atoms with Gasteiger partial charge in [-0.2, -0.15) is 10.2 Å². The average Bonchev–Trinajstić information content (AvgIpc) is 3.37. The first-order valence-corrected chi connectivity index (χ1v) is 10.3. The van der Waals surface area contributed by atoms with Crippen LogP contribution in [0.15, 0.2) is 60.9 Å². The van der Waals surface area contributed by atoms with E-state index in [1.807, 2.05) is 19.1 Å². The Morgan fingerprint density at radius 1 is 1.06 bits per heavy atom. The Kier molecular flexibility index (Phi) is 6.43. The van der Waals surface area contributed by atoms with Crippen LogP contribution in [-0.4, -0.2) is 25.5 Å². The van der Waals surface area contributed by atoms with Gasteiger partial charge in [0.05, 0.1) is 11.6 Å². The molecule has 4 aromatic rings. The van der Waals surface area contributed by atoms with Gasteiger partial charge >= 0.3 is 0 Å². The lowest BCUT2D eigenvalue weighted by atomic mass is 10.2. The second kappa shape index (κ2) is 9.42. The van der Waals surface area contributed by atoms with Crippen molar-refractivity contribution >= 4 is 34.9 Å². The smallest absolute Gasteiger partial charge is 0.277 e. The number of hydrogen-bond acceptors (Lipinski definition) is 4. The molecule has 7 nitrogen and oxygen atoms in total. The zero-order chi connectivity index (χ0) is 22.7. The van der Waals surface area contributed by atoms with Gasteiger partial charge in [-0.1, -0.05) is 41.4 Å². The van der Waals surface area contributed by atoms with E-state index in [0.717, 1.165) is 11.1 Å². The average molecular weight is 474 g/mol. The molecule has 0 radical (unpaired) electrons. The van der Waals surface area contributed by atoms with E-state index in [4.69, 9.17) is 27.9 Å². The summed E-state index contributed by atoms with van der Waals surface area (Å²) < 4.78 is 21.8. The van der Waals surface area contributed by atoms with Crippen molar-refractivity contribution < 1.29 is 13.9 Å². The van der Waals surface area contributed by atoms with Gasteiger partial charge < -0.3 is 10.1 Å². The summed E-state index contributed by atoms with van der Waals surface area (Å²) in [5.74, 6) is -0.0407. The van der Waals surface area contributed by atoms with Crippen molar-refractivity contribution in [1.82, 2.24) is 19.6 Å². The van der Waals surface area contributed by atoms with Crippen molar-refractivity contribution in [3.63, 3.8) is 0 Å². The van der Waals surface area contributed by atoms with Crippen LogP contribution in [0.5, 0.6) is 5.75 Å². The number of hydrogen-bond donors (Lipinski definition) is 1. The van der Waals surface area contributed by atoms with Crippen LogP contribution in [0.1, 0.15) is 21.6 Å². The predicted molar refractivity (Wildman–Crippen MR) is 120 cm³/mol. The number of ether oxygens (including phenoxy) is 1. The van der Waals surface area contributed by atoms with Crippen molar-refractivity contribution in [1.29, 1.82) is 0 Å². The Bertz CT molecular complexity index is 1250.